The Morgan fingerprint density at radius 2 is 1.27 bits per heavy atom. The van der Waals surface area contributed by atoms with Crippen LogP contribution in [0.25, 0.3) is 0 Å². The van der Waals surface area contributed by atoms with Crippen molar-refractivity contribution in [2.45, 2.75) is 15.1 Å². The van der Waals surface area contributed by atoms with Crippen molar-refractivity contribution in [2.24, 2.45) is 0 Å². The predicted octanol–water partition coefficient (Wildman–Crippen LogP) is 3.58. The van der Waals surface area contributed by atoms with E-state index in [1.54, 1.807) is 0 Å². The molecule has 0 atom stereocenters. The van der Waals surface area contributed by atoms with Gasteiger partial charge >= 0.3 is 76.3 Å². The Bertz CT molecular complexity index is 131. The zero-order valence-electron chi connectivity index (χ0n) is 5.05. The van der Waals surface area contributed by atoms with Crippen molar-refractivity contribution in [3.8, 4) is 0 Å². The van der Waals surface area contributed by atoms with Gasteiger partial charge in [0.15, 0.2) is 0 Å². The van der Waals surface area contributed by atoms with Gasteiger partial charge in [0.25, 0.3) is 0 Å². The molecular formula is C3H3Br2F5Te. The molecule has 0 aliphatic heterocycles. The minimum absolute atomic E-state index is 0.871. The average Bonchev–Trinajstić information content (AvgIpc) is 1.58. The Balaban J connectivity index is 4.75. The van der Waals surface area contributed by atoms with Crippen LogP contribution in [0.2, 0.25) is 4.97 Å². The van der Waals surface area contributed by atoms with Crippen LogP contribution in [0.1, 0.15) is 0 Å². The molecule has 0 saturated carbocycles. The van der Waals surface area contributed by atoms with Gasteiger partial charge in [-0.3, -0.25) is 0 Å². The van der Waals surface area contributed by atoms with Gasteiger partial charge in [-0.15, -0.1) is 0 Å². The maximum atomic E-state index is 12.3. The first-order valence-corrected chi connectivity index (χ1v) is 16.1. The van der Waals surface area contributed by atoms with Crippen molar-refractivity contribution < 1.29 is 22.0 Å². The number of hydrogen-bond acceptors (Lipinski definition) is 0. The predicted molar refractivity (Wildman–Crippen MR) is 40.5 cm³/mol. The quantitative estimate of drug-likeness (QED) is 0.449. The second kappa shape index (κ2) is 3.28. The van der Waals surface area contributed by atoms with Crippen molar-refractivity contribution in [1.82, 2.24) is 0 Å². The van der Waals surface area contributed by atoms with E-state index in [-0.39, 0.29) is 0 Å². The summed E-state index contributed by atoms with van der Waals surface area (Å²) in [6.07, 6.45) is -5.46. The summed E-state index contributed by atoms with van der Waals surface area (Å²) < 4.78 is 54.7. The third kappa shape index (κ3) is 2.68. The van der Waals surface area contributed by atoms with Crippen LogP contribution in [0.3, 0.4) is 0 Å². The van der Waals surface area contributed by atoms with Crippen LogP contribution in [-0.2, 0) is 0 Å². The molecule has 0 bridgehead atoms. The molecule has 0 aromatic rings. The molecule has 0 aromatic carbocycles. The van der Waals surface area contributed by atoms with Crippen LogP contribution >= 0.6 is 25.5 Å². The maximum absolute atomic E-state index is 12.3. The summed E-state index contributed by atoms with van der Waals surface area (Å²) >= 11 is 0.376. The molecule has 70 valence electrons. The molecule has 0 nitrogen and oxygen atoms in total. The van der Waals surface area contributed by atoms with Gasteiger partial charge in [-0.25, -0.2) is 0 Å². The first-order valence-electron chi connectivity index (χ1n) is 2.12. The Morgan fingerprint density at radius 3 is 1.27 bits per heavy atom. The van der Waals surface area contributed by atoms with Crippen LogP contribution in [-0.4, -0.2) is 23.9 Å². The molecule has 0 heterocycles. The summed E-state index contributed by atoms with van der Waals surface area (Å²) in [6.45, 7) is 0. The first kappa shape index (κ1) is 12.4. The summed E-state index contributed by atoms with van der Waals surface area (Å²) in [5.74, 6) is 0. The molecule has 0 amide bonds. The summed E-state index contributed by atoms with van der Waals surface area (Å²) in [4.78, 5) is 0.871. The summed E-state index contributed by atoms with van der Waals surface area (Å²) in [5, 5.41) is 0. The van der Waals surface area contributed by atoms with Crippen molar-refractivity contribution in [3.05, 3.63) is 0 Å². The van der Waals surface area contributed by atoms with Crippen LogP contribution in [0.5, 0.6) is 0 Å². The Kier molecular flexibility index (Phi) is 3.69. The fourth-order valence-electron chi connectivity index (χ4n) is 0.203. The molecular weight excluding hydrogens is 418 g/mol. The van der Waals surface area contributed by atoms with E-state index in [1.165, 1.54) is 0 Å². The molecule has 0 aromatic heterocycles. The van der Waals surface area contributed by atoms with Gasteiger partial charge in [-0.2, -0.15) is 0 Å². The monoisotopic (exact) mass is 422 g/mol. The zero-order chi connectivity index (χ0) is 9.50. The van der Waals surface area contributed by atoms with E-state index in [0.29, 0.717) is 0 Å². The Labute approximate surface area is 75.9 Å². The normalized spacial score (nSPS) is 16.7. The molecule has 0 fully saturated rings. The second-order valence-electron chi connectivity index (χ2n) is 1.74. The topological polar surface area (TPSA) is 0 Å². The molecule has 0 unspecified atom stereocenters. The fraction of sp³-hybridized carbons (Fsp3) is 1.00. The number of halogens is 7. The van der Waals surface area contributed by atoms with E-state index in [0.717, 1.165) is 4.97 Å². The van der Waals surface area contributed by atoms with Gasteiger partial charge in [-0.05, 0) is 0 Å². The SMILES string of the molecule is C[Te](Br)(Br)C(F)(F)C(F)(F)F. The van der Waals surface area contributed by atoms with Crippen LogP contribution in [0.4, 0.5) is 22.0 Å². The molecule has 8 heteroatoms. The first-order chi connectivity index (χ1) is 4.50. The minimum atomic E-state index is -5.46. The number of alkyl halides is 5. The summed E-state index contributed by atoms with van der Waals surface area (Å²) in [5.41, 5.74) is 0. The van der Waals surface area contributed by atoms with E-state index in [1.807, 2.05) is 0 Å². The Hall–Kier alpha value is 1.40. The second-order valence-corrected chi connectivity index (χ2v) is 30.5. The van der Waals surface area contributed by atoms with E-state index in [9.17, 15) is 22.0 Å². The van der Waals surface area contributed by atoms with Gasteiger partial charge in [-0.1, -0.05) is 0 Å². The molecule has 0 N–H and O–H groups in total. The van der Waals surface area contributed by atoms with Crippen molar-refractivity contribution in [1.29, 1.82) is 0 Å². The summed E-state index contributed by atoms with van der Waals surface area (Å²) in [7, 11) is 0. The standard InChI is InChI=1S/C3H3Br2F5Te/c1-11(4,5)3(9,10)2(6,7)8/h1H3. The zero-order valence-corrected chi connectivity index (χ0v) is 10.6. The van der Waals surface area contributed by atoms with Gasteiger partial charge in [0.2, 0.25) is 0 Å². The van der Waals surface area contributed by atoms with Crippen LogP contribution in [0.15, 0.2) is 0 Å². The third-order valence-electron chi connectivity index (χ3n) is 0.780. The molecule has 0 spiro atoms. The number of hydrogen-bond donors (Lipinski definition) is 0. The molecule has 11 heavy (non-hydrogen) atoms. The van der Waals surface area contributed by atoms with E-state index in [4.69, 9.17) is 0 Å². The number of rotatable bonds is 1. The van der Waals surface area contributed by atoms with E-state index < -0.39 is 23.9 Å². The van der Waals surface area contributed by atoms with E-state index in [2.05, 4.69) is 25.5 Å². The van der Waals surface area contributed by atoms with Crippen LogP contribution < -0.4 is 0 Å². The molecule has 0 radical (unpaired) electrons. The molecule has 0 rings (SSSR count). The third-order valence-corrected chi connectivity index (χ3v) is 9.47. The van der Waals surface area contributed by atoms with E-state index >= 15 is 0 Å². The van der Waals surface area contributed by atoms with Gasteiger partial charge in [0, 0.05) is 0 Å². The van der Waals surface area contributed by atoms with Gasteiger partial charge in [0.05, 0.1) is 0 Å². The Morgan fingerprint density at radius 1 is 1.00 bits per heavy atom. The molecule has 0 aliphatic rings. The molecule has 0 saturated heterocycles. The van der Waals surface area contributed by atoms with Gasteiger partial charge in [0.1, 0.15) is 0 Å². The van der Waals surface area contributed by atoms with Crippen molar-refractivity contribution >= 4 is 39.3 Å². The van der Waals surface area contributed by atoms with Crippen molar-refractivity contribution in [3.63, 3.8) is 0 Å². The van der Waals surface area contributed by atoms with Gasteiger partial charge < -0.3 is 0 Å². The van der Waals surface area contributed by atoms with Crippen molar-refractivity contribution in [2.75, 3.05) is 0 Å². The average molecular weight is 421 g/mol. The van der Waals surface area contributed by atoms with Crippen LogP contribution in [0, 0.1) is 0 Å². The fourth-order valence-corrected chi connectivity index (χ4v) is 3.83. The summed E-state index contributed by atoms with van der Waals surface area (Å²) in [6, 6.07) is 0. The molecule has 0 aliphatic carbocycles.